The third kappa shape index (κ3) is 3.91. The van der Waals surface area contributed by atoms with E-state index in [0.29, 0.717) is 6.04 Å². The van der Waals surface area contributed by atoms with E-state index in [4.69, 9.17) is 14.7 Å². The summed E-state index contributed by atoms with van der Waals surface area (Å²) in [6.07, 6.45) is 0.933. The molecule has 6 nitrogen and oxygen atoms in total. The highest BCUT2D eigenvalue weighted by atomic mass is 32.1. The van der Waals surface area contributed by atoms with Crippen molar-refractivity contribution in [3.63, 3.8) is 0 Å². The number of benzene rings is 2. The maximum absolute atomic E-state index is 5.60. The number of thiazole rings is 1. The number of fused-ring (bicyclic) bond motifs is 2. The molecular formula is C24H27N5OS. The van der Waals surface area contributed by atoms with Crippen LogP contribution in [0.15, 0.2) is 53.5 Å². The quantitative estimate of drug-likeness (QED) is 0.661. The van der Waals surface area contributed by atoms with Crippen LogP contribution in [0.3, 0.4) is 0 Å². The van der Waals surface area contributed by atoms with Gasteiger partial charge < -0.3 is 15.0 Å². The van der Waals surface area contributed by atoms with Crippen molar-refractivity contribution >= 4 is 33.5 Å². The van der Waals surface area contributed by atoms with Crippen molar-refractivity contribution in [3.05, 3.63) is 64.8 Å². The van der Waals surface area contributed by atoms with Crippen LogP contribution in [0.5, 0.6) is 5.75 Å². The fraction of sp³-hybridized carbons (Fsp3) is 0.333. The molecule has 0 bridgehead atoms. The number of rotatable bonds is 3. The standard InChI is InChI=1S/C24H27N5OS/c1-16-25-22-23(26-19-9-5-6-10-20(19)27-24(22)31-16)29-13-12-28(2)18(15-29)14-17-8-4-7-11-21(17)30-3/h4-11,18,27H,12-15H2,1-3H3. The molecule has 3 heterocycles. The summed E-state index contributed by atoms with van der Waals surface area (Å²) in [5, 5.41) is 5.67. The summed E-state index contributed by atoms with van der Waals surface area (Å²) in [5.41, 5.74) is 4.19. The highest BCUT2D eigenvalue weighted by Gasteiger charge is 2.31. The van der Waals surface area contributed by atoms with Crippen molar-refractivity contribution in [3.8, 4) is 5.75 Å². The van der Waals surface area contributed by atoms with E-state index >= 15 is 0 Å². The number of nitrogens with zero attached hydrogens (tertiary/aromatic N) is 4. The second-order valence-electron chi connectivity index (χ2n) is 8.08. The van der Waals surface area contributed by atoms with Gasteiger partial charge in [-0.2, -0.15) is 0 Å². The van der Waals surface area contributed by atoms with Crippen LogP contribution in [0.25, 0.3) is 0 Å². The molecule has 7 heteroatoms. The second-order valence-corrected chi connectivity index (χ2v) is 9.29. The lowest BCUT2D eigenvalue weighted by Gasteiger charge is -2.40. The summed E-state index contributed by atoms with van der Waals surface area (Å²) < 4.78 is 5.60. The number of hydrogen-bond acceptors (Lipinski definition) is 7. The summed E-state index contributed by atoms with van der Waals surface area (Å²) in [5.74, 6) is 1.92. The first kappa shape index (κ1) is 20.0. The minimum absolute atomic E-state index is 0.363. The molecule has 0 aliphatic carbocycles. The van der Waals surface area contributed by atoms with Gasteiger partial charge in [0.1, 0.15) is 16.4 Å². The minimum Gasteiger partial charge on any atom is -0.496 e. The van der Waals surface area contributed by atoms with Crippen molar-refractivity contribution in [2.24, 2.45) is 4.99 Å². The lowest BCUT2D eigenvalue weighted by Crippen LogP contribution is -2.54. The molecule has 2 aliphatic heterocycles. The van der Waals surface area contributed by atoms with Gasteiger partial charge >= 0.3 is 0 Å². The van der Waals surface area contributed by atoms with Crippen molar-refractivity contribution in [1.82, 2.24) is 14.8 Å². The molecule has 31 heavy (non-hydrogen) atoms. The van der Waals surface area contributed by atoms with Crippen LogP contribution in [0.4, 0.5) is 16.4 Å². The van der Waals surface area contributed by atoms with Gasteiger partial charge in [0.2, 0.25) is 0 Å². The number of aliphatic imine (C=N–C) groups is 1. The van der Waals surface area contributed by atoms with E-state index in [9.17, 15) is 0 Å². The van der Waals surface area contributed by atoms with E-state index in [1.54, 1.807) is 18.4 Å². The Labute approximate surface area is 187 Å². The summed E-state index contributed by atoms with van der Waals surface area (Å²) in [4.78, 5) is 14.8. The predicted octanol–water partition coefficient (Wildman–Crippen LogP) is 4.45. The fourth-order valence-corrected chi connectivity index (χ4v) is 5.16. The molecule has 0 spiro atoms. The maximum atomic E-state index is 5.60. The molecule has 0 radical (unpaired) electrons. The Bertz CT molecular complexity index is 1120. The molecule has 3 aromatic rings. The minimum atomic E-state index is 0.363. The topological polar surface area (TPSA) is 53.0 Å². The van der Waals surface area contributed by atoms with Gasteiger partial charge in [-0.1, -0.05) is 30.3 Å². The highest BCUT2D eigenvalue weighted by molar-refractivity contribution is 7.16. The number of methoxy groups -OCH3 is 1. The van der Waals surface area contributed by atoms with Crippen LogP contribution < -0.4 is 10.1 Å². The smallest absolute Gasteiger partial charge is 0.158 e. The largest absolute Gasteiger partial charge is 0.496 e. The SMILES string of the molecule is COc1ccccc1CC1CN(C2=Nc3ccccc3Nc3sc(C)nc32)CCN1C. The summed E-state index contributed by atoms with van der Waals surface area (Å²) >= 11 is 1.69. The van der Waals surface area contributed by atoms with Gasteiger partial charge in [-0.05, 0) is 44.2 Å². The average Bonchev–Trinajstić information content (AvgIpc) is 3.07. The van der Waals surface area contributed by atoms with E-state index < -0.39 is 0 Å². The monoisotopic (exact) mass is 433 g/mol. The first-order chi connectivity index (χ1) is 15.1. The Balaban J connectivity index is 1.48. The molecule has 2 aliphatic rings. The Morgan fingerprint density at radius 2 is 1.94 bits per heavy atom. The van der Waals surface area contributed by atoms with Crippen molar-refractivity contribution in [2.75, 3.05) is 39.1 Å². The Morgan fingerprint density at radius 1 is 1.13 bits per heavy atom. The number of piperazine rings is 1. The summed E-state index contributed by atoms with van der Waals surface area (Å²) in [7, 11) is 3.95. The Morgan fingerprint density at radius 3 is 2.81 bits per heavy atom. The molecule has 160 valence electrons. The van der Waals surface area contributed by atoms with Crippen LogP contribution in [-0.4, -0.2) is 60.5 Å². The number of aryl methyl sites for hydroxylation is 1. The molecular weight excluding hydrogens is 406 g/mol. The average molecular weight is 434 g/mol. The van der Waals surface area contributed by atoms with Crippen molar-refractivity contribution < 1.29 is 4.74 Å². The van der Waals surface area contributed by atoms with Gasteiger partial charge in [-0.25, -0.2) is 9.98 Å². The van der Waals surface area contributed by atoms with E-state index in [0.717, 1.165) is 64.7 Å². The molecule has 0 saturated carbocycles. The first-order valence-electron chi connectivity index (χ1n) is 10.6. The lowest BCUT2D eigenvalue weighted by molar-refractivity contribution is 0.140. The van der Waals surface area contributed by atoms with E-state index in [-0.39, 0.29) is 0 Å². The van der Waals surface area contributed by atoms with Gasteiger partial charge in [0.15, 0.2) is 5.84 Å². The van der Waals surface area contributed by atoms with Crippen molar-refractivity contribution in [1.29, 1.82) is 0 Å². The van der Waals surface area contributed by atoms with Crippen LogP contribution in [0.1, 0.15) is 16.3 Å². The van der Waals surface area contributed by atoms with Gasteiger partial charge in [0, 0.05) is 25.7 Å². The number of hydrogen-bond donors (Lipinski definition) is 1. The zero-order valence-corrected chi connectivity index (χ0v) is 18.9. The first-order valence-corrected chi connectivity index (χ1v) is 11.4. The van der Waals surface area contributed by atoms with Crippen LogP contribution in [0, 0.1) is 6.92 Å². The normalized spacial score (nSPS) is 18.5. The predicted molar refractivity (Wildman–Crippen MR) is 127 cm³/mol. The van der Waals surface area contributed by atoms with E-state index in [1.165, 1.54) is 5.56 Å². The fourth-order valence-electron chi connectivity index (χ4n) is 4.33. The van der Waals surface area contributed by atoms with Gasteiger partial charge in [-0.3, -0.25) is 4.90 Å². The van der Waals surface area contributed by atoms with Crippen molar-refractivity contribution in [2.45, 2.75) is 19.4 Å². The summed E-state index contributed by atoms with van der Waals surface area (Å²) in [6.45, 7) is 4.85. The molecule has 1 unspecified atom stereocenters. The number of amidine groups is 1. The highest BCUT2D eigenvalue weighted by Crippen LogP contribution is 2.38. The molecule has 2 aromatic carbocycles. The zero-order chi connectivity index (χ0) is 21.4. The Kier molecular flexibility index (Phi) is 5.38. The second kappa shape index (κ2) is 8.32. The van der Waals surface area contributed by atoms with Gasteiger partial charge in [-0.15, -0.1) is 11.3 Å². The van der Waals surface area contributed by atoms with Crippen LogP contribution >= 0.6 is 11.3 Å². The number of aromatic nitrogens is 1. The van der Waals surface area contributed by atoms with E-state index in [2.05, 4.69) is 53.4 Å². The molecule has 1 fully saturated rings. The number of nitrogens with one attached hydrogen (secondary N) is 1. The number of ether oxygens (including phenoxy) is 1. The molecule has 0 amide bonds. The summed E-state index contributed by atoms with van der Waals surface area (Å²) in [6, 6.07) is 16.9. The molecule has 1 atom stereocenters. The third-order valence-corrected chi connectivity index (χ3v) is 6.94. The maximum Gasteiger partial charge on any atom is 0.158 e. The van der Waals surface area contributed by atoms with E-state index in [1.807, 2.05) is 24.3 Å². The zero-order valence-electron chi connectivity index (χ0n) is 18.1. The third-order valence-electron chi connectivity index (χ3n) is 6.05. The van der Waals surface area contributed by atoms with Crippen LogP contribution in [-0.2, 0) is 6.42 Å². The van der Waals surface area contributed by atoms with Gasteiger partial charge in [0.25, 0.3) is 0 Å². The van der Waals surface area contributed by atoms with Gasteiger partial charge in [0.05, 0.1) is 23.5 Å². The molecule has 1 N–H and O–H groups in total. The Hall–Kier alpha value is -2.90. The molecule has 1 aromatic heterocycles. The number of likely N-dealkylation sites (N-methyl/N-ethyl adjacent to an activating group) is 1. The van der Waals surface area contributed by atoms with Crippen LogP contribution in [0.2, 0.25) is 0 Å². The lowest BCUT2D eigenvalue weighted by atomic mass is 10.0. The number of anilines is 2. The molecule has 1 saturated heterocycles. The number of para-hydroxylation sites is 3. The molecule has 5 rings (SSSR count).